The predicted molar refractivity (Wildman–Crippen MR) is 88.6 cm³/mol. The lowest BCUT2D eigenvalue weighted by atomic mass is 10.2. The van der Waals surface area contributed by atoms with Gasteiger partial charge in [-0.15, -0.1) is 0 Å². The van der Waals surface area contributed by atoms with E-state index >= 15 is 0 Å². The minimum atomic E-state index is -0.175. The molecule has 2 aromatic heterocycles. The Kier molecular flexibility index (Phi) is 5.42. The summed E-state index contributed by atoms with van der Waals surface area (Å²) in [6, 6.07) is 0.288. The predicted octanol–water partition coefficient (Wildman–Crippen LogP) is 1.20. The second kappa shape index (κ2) is 7.91. The highest BCUT2D eigenvalue weighted by atomic mass is 16.5. The lowest BCUT2D eigenvalue weighted by Gasteiger charge is -2.11. The van der Waals surface area contributed by atoms with Gasteiger partial charge in [0.2, 0.25) is 17.7 Å². The van der Waals surface area contributed by atoms with Crippen LogP contribution in [0.4, 0.5) is 5.69 Å². The first-order chi connectivity index (χ1) is 12.1. The minimum Gasteiger partial charge on any atom is -0.352 e. The minimum absolute atomic E-state index is 0.0559. The summed E-state index contributed by atoms with van der Waals surface area (Å²) in [6.07, 6.45) is 8.22. The number of carbonyl (C=O) groups excluding carboxylic acids is 2. The summed E-state index contributed by atoms with van der Waals surface area (Å²) in [7, 11) is 0. The summed E-state index contributed by atoms with van der Waals surface area (Å²) in [5.74, 6) is 0.755. The molecule has 2 N–H and O–H groups in total. The Morgan fingerprint density at radius 1 is 1.32 bits per heavy atom. The molecule has 1 aliphatic carbocycles. The molecule has 25 heavy (non-hydrogen) atoms. The van der Waals surface area contributed by atoms with Crippen molar-refractivity contribution in [2.24, 2.45) is 0 Å². The average Bonchev–Trinajstić information content (AvgIpc) is 3.29. The average molecular weight is 346 g/mol. The van der Waals surface area contributed by atoms with E-state index in [0.717, 1.165) is 12.8 Å². The Balaban J connectivity index is 1.42. The van der Waals surface area contributed by atoms with Crippen LogP contribution in [0.15, 0.2) is 16.9 Å². The van der Waals surface area contributed by atoms with Crippen molar-refractivity contribution in [3.63, 3.8) is 0 Å². The number of hydrogen-bond donors (Lipinski definition) is 2. The van der Waals surface area contributed by atoms with E-state index in [1.165, 1.54) is 23.7 Å². The van der Waals surface area contributed by atoms with Crippen molar-refractivity contribution >= 4 is 17.5 Å². The lowest BCUT2D eigenvalue weighted by molar-refractivity contribution is -0.122. The first kappa shape index (κ1) is 17.1. The van der Waals surface area contributed by atoms with Crippen LogP contribution in [0.5, 0.6) is 0 Å². The molecule has 2 amide bonds. The first-order valence-electron chi connectivity index (χ1n) is 8.49. The van der Waals surface area contributed by atoms with Gasteiger partial charge in [0.05, 0.1) is 11.9 Å². The molecular formula is C16H22N6O3. The fraction of sp³-hybridized carbons (Fsp3) is 0.562. The van der Waals surface area contributed by atoms with Gasteiger partial charge >= 0.3 is 0 Å². The molecule has 1 aliphatic rings. The highest BCUT2D eigenvalue weighted by Crippen LogP contribution is 2.17. The zero-order valence-electron chi connectivity index (χ0n) is 14.2. The summed E-state index contributed by atoms with van der Waals surface area (Å²) in [4.78, 5) is 28.0. The van der Waals surface area contributed by atoms with Crippen molar-refractivity contribution < 1.29 is 14.1 Å². The number of amides is 2. The number of aryl methyl sites for hydroxylation is 2. The van der Waals surface area contributed by atoms with Crippen LogP contribution in [-0.2, 0) is 22.6 Å². The van der Waals surface area contributed by atoms with Crippen LogP contribution in [0.25, 0.3) is 0 Å². The summed E-state index contributed by atoms with van der Waals surface area (Å²) in [5.41, 5.74) is 0.556. The maximum Gasteiger partial charge on any atom is 0.241 e. The van der Waals surface area contributed by atoms with Crippen LogP contribution in [0, 0.1) is 6.92 Å². The van der Waals surface area contributed by atoms with E-state index in [2.05, 4.69) is 25.9 Å². The Hall–Kier alpha value is -2.71. The van der Waals surface area contributed by atoms with E-state index in [1.807, 2.05) is 0 Å². The van der Waals surface area contributed by atoms with Gasteiger partial charge < -0.3 is 15.2 Å². The SMILES string of the molecule is Cc1noc(CCC(=O)Nc2cnn(CC(=O)NC3CCCC3)c2)n1. The fourth-order valence-corrected chi connectivity index (χ4v) is 2.89. The van der Waals surface area contributed by atoms with Gasteiger partial charge in [0.25, 0.3) is 0 Å². The number of hydrogen-bond acceptors (Lipinski definition) is 6. The van der Waals surface area contributed by atoms with Crippen molar-refractivity contribution in [2.75, 3.05) is 5.32 Å². The van der Waals surface area contributed by atoms with Crippen molar-refractivity contribution in [1.82, 2.24) is 25.2 Å². The van der Waals surface area contributed by atoms with Gasteiger partial charge in [-0.3, -0.25) is 14.3 Å². The molecule has 0 saturated heterocycles. The van der Waals surface area contributed by atoms with Crippen molar-refractivity contribution in [1.29, 1.82) is 0 Å². The van der Waals surface area contributed by atoms with Gasteiger partial charge in [-0.2, -0.15) is 10.1 Å². The van der Waals surface area contributed by atoms with E-state index < -0.39 is 0 Å². The number of nitrogens with zero attached hydrogens (tertiary/aromatic N) is 4. The zero-order chi connectivity index (χ0) is 17.6. The smallest absolute Gasteiger partial charge is 0.241 e. The van der Waals surface area contributed by atoms with Gasteiger partial charge in [0.1, 0.15) is 6.54 Å². The van der Waals surface area contributed by atoms with Crippen LogP contribution >= 0.6 is 0 Å². The molecule has 0 radical (unpaired) electrons. The molecule has 3 rings (SSSR count). The molecule has 0 aliphatic heterocycles. The third-order valence-corrected chi connectivity index (χ3v) is 4.08. The van der Waals surface area contributed by atoms with Gasteiger partial charge in [-0.25, -0.2) is 0 Å². The molecule has 2 aromatic rings. The quantitative estimate of drug-likeness (QED) is 0.778. The third kappa shape index (κ3) is 5.13. The van der Waals surface area contributed by atoms with Gasteiger partial charge in [-0.05, 0) is 19.8 Å². The van der Waals surface area contributed by atoms with E-state index in [-0.39, 0.29) is 30.8 Å². The number of carbonyl (C=O) groups is 2. The Labute approximate surface area is 145 Å². The summed E-state index contributed by atoms with van der Waals surface area (Å²) >= 11 is 0. The number of rotatable bonds is 7. The molecule has 1 fully saturated rings. The van der Waals surface area contributed by atoms with Crippen LogP contribution < -0.4 is 10.6 Å². The molecule has 0 spiro atoms. The Morgan fingerprint density at radius 2 is 2.12 bits per heavy atom. The molecule has 2 heterocycles. The molecule has 134 valence electrons. The van der Waals surface area contributed by atoms with E-state index in [0.29, 0.717) is 23.8 Å². The van der Waals surface area contributed by atoms with Crippen LogP contribution in [-0.4, -0.2) is 37.8 Å². The second-order valence-electron chi connectivity index (χ2n) is 6.26. The molecule has 0 bridgehead atoms. The first-order valence-corrected chi connectivity index (χ1v) is 8.49. The molecule has 9 heteroatoms. The highest BCUT2D eigenvalue weighted by molar-refractivity contribution is 5.90. The maximum absolute atomic E-state index is 12.0. The van der Waals surface area contributed by atoms with Crippen molar-refractivity contribution in [2.45, 2.75) is 58.0 Å². The zero-order valence-corrected chi connectivity index (χ0v) is 14.2. The standard InChI is InChI=1S/C16H22N6O3/c1-11-18-16(25-21-11)7-6-14(23)20-13-8-17-22(9-13)10-15(24)19-12-4-2-3-5-12/h8-9,12H,2-7,10H2,1H3,(H,19,24)(H,20,23). The van der Waals surface area contributed by atoms with E-state index in [4.69, 9.17) is 4.52 Å². The van der Waals surface area contributed by atoms with Crippen LogP contribution in [0.2, 0.25) is 0 Å². The number of anilines is 1. The highest BCUT2D eigenvalue weighted by Gasteiger charge is 2.17. The molecular weight excluding hydrogens is 324 g/mol. The van der Waals surface area contributed by atoms with Crippen molar-refractivity contribution in [3.8, 4) is 0 Å². The summed E-state index contributed by atoms with van der Waals surface area (Å²) < 4.78 is 6.48. The van der Waals surface area contributed by atoms with Gasteiger partial charge in [0.15, 0.2) is 5.82 Å². The molecule has 9 nitrogen and oxygen atoms in total. The normalized spacial score (nSPS) is 14.6. The van der Waals surface area contributed by atoms with Crippen LogP contribution in [0.3, 0.4) is 0 Å². The van der Waals surface area contributed by atoms with Gasteiger partial charge in [-0.1, -0.05) is 18.0 Å². The fourth-order valence-electron chi connectivity index (χ4n) is 2.89. The molecule has 1 saturated carbocycles. The third-order valence-electron chi connectivity index (χ3n) is 4.08. The Bertz CT molecular complexity index is 732. The second-order valence-corrected chi connectivity index (χ2v) is 6.26. The number of nitrogens with one attached hydrogen (secondary N) is 2. The molecule has 0 atom stereocenters. The van der Waals surface area contributed by atoms with Gasteiger partial charge in [0, 0.05) is 25.1 Å². The summed E-state index contributed by atoms with van der Waals surface area (Å²) in [5, 5.41) is 13.5. The summed E-state index contributed by atoms with van der Waals surface area (Å²) in [6.45, 7) is 1.87. The number of aromatic nitrogens is 4. The van der Waals surface area contributed by atoms with Crippen LogP contribution in [0.1, 0.15) is 43.8 Å². The largest absolute Gasteiger partial charge is 0.352 e. The Morgan fingerprint density at radius 3 is 2.84 bits per heavy atom. The topological polar surface area (TPSA) is 115 Å². The van der Waals surface area contributed by atoms with Crippen molar-refractivity contribution in [3.05, 3.63) is 24.1 Å². The van der Waals surface area contributed by atoms with E-state index in [1.54, 1.807) is 13.1 Å². The molecule has 0 unspecified atom stereocenters. The van der Waals surface area contributed by atoms with E-state index in [9.17, 15) is 9.59 Å². The lowest BCUT2D eigenvalue weighted by Crippen LogP contribution is -2.35. The molecule has 0 aromatic carbocycles. The monoisotopic (exact) mass is 346 g/mol. The maximum atomic E-state index is 12.0.